The van der Waals surface area contributed by atoms with Crippen LogP contribution in [0.15, 0.2) is 23.3 Å². The first-order valence-corrected chi connectivity index (χ1v) is 7.66. The molecule has 0 aliphatic carbocycles. The van der Waals surface area contributed by atoms with Gasteiger partial charge in [0.05, 0.1) is 7.11 Å². The van der Waals surface area contributed by atoms with Crippen molar-refractivity contribution in [3.05, 3.63) is 23.9 Å². The molecule has 0 aromatic carbocycles. The summed E-state index contributed by atoms with van der Waals surface area (Å²) in [5.74, 6) is 1.46. The molecule has 0 aliphatic heterocycles. The van der Waals surface area contributed by atoms with Gasteiger partial charge in [-0.2, -0.15) is 0 Å². The number of hydrogen-bond donors (Lipinski definition) is 2. The topological polar surface area (TPSA) is 58.5 Å². The normalized spacial score (nSPS) is 12.3. The molecule has 1 unspecified atom stereocenters. The number of aromatic nitrogens is 1. The first kappa shape index (κ1) is 20.9. The number of rotatable bonds is 8. The van der Waals surface area contributed by atoms with Gasteiger partial charge < -0.3 is 15.4 Å². The lowest BCUT2D eigenvalue weighted by Crippen LogP contribution is -2.41. The lowest BCUT2D eigenvalue weighted by molar-refractivity contribution is 0.392. The maximum absolute atomic E-state index is 5.25. The Morgan fingerprint density at radius 1 is 1.41 bits per heavy atom. The molecule has 0 saturated heterocycles. The van der Waals surface area contributed by atoms with E-state index in [9.17, 15) is 0 Å². The molecule has 126 valence electrons. The molecule has 0 saturated carbocycles. The maximum Gasteiger partial charge on any atom is 0.218 e. The predicted molar refractivity (Wildman–Crippen MR) is 103 cm³/mol. The summed E-state index contributed by atoms with van der Waals surface area (Å²) in [7, 11) is 3.42. The van der Waals surface area contributed by atoms with Crippen LogP contribution in [0.4, 0.5) is 0 Å². The van der Waals surface area contributed by atoms with Crippen molar-refractivity contribution < 1.29 is 4.74 Å². The van der Waals surface area contributed by atoms with Crippen LogP contribution in [-0.4, -0.2) is 31.1 Å². The summed E-state index contributed by atoms with van der Waals surface area (Å²) >= 11 is 0. The van der Waals surface area contributed by atoms with Gasteiger partial charge in [0.1, 0.15) is 0 Å². The van der Waals surface area contributed by atoms with E-state index in [2.05, 4.69) is 34.5 Å². The Bertz CT molecular complexity index is 440. The lowest BCUT2D eigenvalue weighted by atomic mass is 10.1. The summed E-state index contributed by atoms with van der Waals surface area (Å²) in [6.07, 6.45) is 6.67. The maximum atomic E-state index is 5.25. The van der Waals surface area contributed by atoms with E-state index in [0.717, 1.165) is 17.9 Å². The van der Waals surface area contributed by atoms with E-state index in [-0.39, 0.29) is 24.0 Å². The molecule has 0 spiro atoms. The van der Waals surface area contributed by atoms with E-state index in [1.165, 1.54) is 19.3 Å². The van der Waals surface area contributed by atoms with Crippen LogP contribution in [-0.2, 0) is 6.54 Å². The van der Waals surface area contributed by atoms with Gasteiger partial charge in [0.2, 0.25) is 5.88 Å². The summed E-state index contributed by atoms with van der Waals surface area (Å²) in [6, 6.07) is 4.32. The van der Waals surface area contributed by atoms with E-state index in [4.69, 9.17) is 4.74 Å². The van der Waals surface area contributed by atoms with Gasteiger partial charge in [-0.1, -0.05) is 32.3 Å². The van der Waals surface area contributed by atoms with Gasteiger partial charge >= 0.3 is 0 Å². The van der Waals surface area contributed by atoms with Gasteiger partial charge in [0, 0.05) is 31.4 Å². The summed E-state index contributed by atoms with van der Waals surface area (Å²) in [5, 5.41) is 6.71. The van der Waals surface area contributed by atoms with Crippen molar-refractivity contribution in [3.8, 4) is 5.88 Å². The van der Waals surface area contributed by atoms with Crippen LogP contribution in [0.2, 0.25) is 0 Å². The van der Waals surface area contributed by atoms with E-state index >= 15 is 0 Å². The SMILES string of the molecule is CCCCCC(C)NC(=NC)NCc1cccnc1OC.I. The average molecular weight is 420 g/mol. The fourth-order valence-electron chi connectivity index (χ4n) is 2.12. The number of nitrogens with zero attached hydrogens (tertiary/aromatic N) is 2. The molecule has 0 radical (unpaired) electrons. The van der Waals surface area contributed by atoms with Crippen LogP contribution in [0.25, 0.3) is 0 Å². The van der Waals surface area contributed by atoms with Crippen LogP contribution in [0, 0.1) is 0 Å². The minimum absolute atomic E-state index is 0. The molecule has 2 N–H and O–H groups in total. The number of hydrogen-bond acceptors (Lipinski definition) is 3. The number of ether oxygens (including phenoxy) is 1. The number of nitrogens with one attached hydrogen (secondary N) is 2. The van der Waals surface area contributed by atoms with Crippen LogP contribution < -0.4 is 15.4 Å². The Kier molecular flexibility index (Phi) is 11.9. The largest absolute Gasteiger partial charge is 0.481 e. The fraction of sp³-hybridized carbons (Fsp3) is 0.625. The van der Waals surface area contributed by atoms with Gasteiger partial charge in [-0.05, 0) is 19.4 Å². The monoisotopic (exact) mass is 420 g/mol. The first-order chi connectivity index (χ1) is 10.2. The predicted octanol–water partition coefficient (Wildman–Crippen LogP) is 3.34. The third-order valence-electron chi connectivity index (χ3n) is 3.34. The minimum Gasteiger partial charge on any atom is -0.481 e. The Morgan fingerprint density at radius 3 is 2.82 bits per heavy atom. The molecular weight excluding hydrogens is 391 g/mol. The van der Waals surface area contributed by atoms with Gasteiger partial charge in [-0.25, -0.2) is 4.98 Å². The Hall–Kier alpha value is -1.05. The Balaban J connectivity index is 0.00000441. The molecule has 22 heavy (non-hydrogen) atoms. The van der Waals surface area contributed by atoms with E-state index in [0.29, 0.717) is 18.5 Å². The van der Waals surface area contributed by atoms with Crippen molar-refractivity contribution in [1.29, 1.82) is 0 Å². The number of methoxy groups -OCH3 is 1. The number of halogens is 1. The highest BCUT2D eigenvalue weighted by atomic mass is 127. The minimum atomic E-state index is 0. The standard InChI is InChI=1S/C16H28N4O.HI/c1-5-6-7-9-13(2)20-16(17-3)19-12-14-10-8-11-18-15(14)21-4;/h8,10-11,13H,5-7,9,12H2,1-4H3,(H2,17,19,20);1H. The molecule has 1 atom stereocenters. The number of guanidine groups is 1. The van der Waals surface area contributed by atoms with Crippen LogP contribution in [0.3, 0.4) is 0 Å². The Morgan fingerprint density at radius 2 is 2.18 bits per heavy atom. The summed E-state index contributed by atoms with van der Waals surface area (Å²) in [4.78, 5) is 8.45. The van der Waals surface area contributed by atoms with Crippen molar-refractivity contribution in [1.82, 2.24) is 15.6 Å². The van der Waals surface area contributed by atoms with Gasteiger partial charge in [-0.3, -0.25) is 4.99 Å². The zero-order valence-corrected chi connectivity index (χ0v) is 16.4. The second kappa shape index (κ2) is 12.5. The number of pyridine rings is 1. The molecule has 6 heteroatoms. The van der Waals surface area contributed by atoms with Gasteiger partial charge in [0.15, 0.2) is 5.96 Å². The molecule has 1 aromatic rings. The quantitative estimate of drug-likeness (QED) is 0.293. The highest BCUT2D eigenvalue weighted by Crippen LogP contribution is 2.12. The fourth-order valence-corrected chi connectivity index (χ4v) is 2.12. The zero-order chi connectivity index (χ0) is 15.5. The molecular formula is C16H29IN4O. The van der Waals surface area contributed by atoms with E-state index in [1.807, 2.05) is 12.1 Å². The zero-order valence-electron chi connectivity index (χ0n) is 14.1. The molecule has 0 bridgehead atoms. The molecule has 1 aromatic heterocycles. The lowest BCUT2D eigenvalue weighted by Gasteiger charge is -2.18. The second-order valence-electron chi connectivity index (χ2n) is 5.14. The number of aliphatic imine (C=N–C) groups is 1. The molecule has 5 nitrogen and oxygen atoms in total. The Labute approximate surface area is 151 Å². The highest BCUT2D eigenvalue weighted by molar-refractivity contribution is 14.0. The van der Waals surface area contributed by atoms with Crippen LogP contribution >= 0.6 is 24.0 Å². The second-order valence-corrected chi connectivity index (χ2v) is 5.14. The smallest absolute Gasteiger partial charge is 0.218 e. The highest BCUT2D eigenvalue weighted by Gasteiger charge is 2.07. The van der Waals surface area contributed by atoms with Crippen molar-refractivity contribution in [2.45, 2.75) is 52.1 Å². The molecule has 0 amide bonds. The van der Waals surface area contributed by atoms with Crippen molar-refractivity contribution in [2.75, 3.05) is 14.2 Å². The first-order valence-electron chi connectivity index (χ1n) is 7.66. The average Bonchev–Trinajstić information content (AvgIpc) is 2.51. The van der Waals surface area contributed by atoms with E-state index < -0.39 is 0 Å². The van der Waals surface area contributed by atoms with Gasteiger partial charge in [-0.15, -0.1) is 24.0 Å². The van der Waals surface area contributed by atoms with E-state index in [1.54, 1.807) is 20.4 Å². The van der Waals surface area contributed by atoms with Gasteiger partial charge in [0.25, 0.3) is 0 Å². The third-order valence-corrected chi connectivity index (χ3v) is 3.34. The van der Waals surface area contributed by atoms with Crippen LogP contribution in [0.5, 0.6) is 5.88 Å². The summed E-state index contributed by atoms with van der Waals surface area (Å²) < 4.78 is 5.25. The van der Waals surface area contributed by atoms with Crippen molar-refractivity contribution in [2.24, 2.45) is 4.99 Å². The molecule has 1 rings (SSSR count). The molecule has 1 heterocycles. The van der Waals surface area contributed by atoms with Crippen LogP contribution in [0.1, 0.15) is 45.1 Å². The third kappa shape index (κ3) is 7.82. The molecule has 0 aliphatic rings. The summed E-state index contributed by atoms with van der Waals surface area (Å²) in [6.45, 7) is 5.05. The number of unbranched alkanes of at least 4 members (excludes halogenated alkanes) is 2. The molecule has 0 fully saturated rings. The summed E-state index contributed by atoms with van der Waals surface area (Å²) in [5.41, 5.74) is 1.02. The van der Waals surface area contributed by atoms with Crippen molar-refractivity contribution in [3.63, 3.8) is 0 Å². The van der Waals surface area contributed by atoms with Crippen molar-refractivity contribution >= 4 is 29.9 Å².